The Morgan fingerprint density at radius 1 is 1.25 bits per heavy atom. The minimum atomic E-state index is -0.393. The maximum Gasteiger partial charge on any atom is 0.305 e. The van der Waals surface area contributed by atoms with Gasteiger partial charge < -0.3 is 15.2 Å². The van der Waals surface area contributed by atoms with E-state index in [-0.39, 0.29) is 18.1 Å². The molecule has 2 rings (SSSR count). The number of nitrogens with two attached hydrogens (primary N) is 1. The molecule has 128 valence electrons. The maximum absolute atomic E-state index is 14.5. The molecule has 5 heteroatoms. The molecule has 0 aliphatic heterocycles. The molecular weight excluding hydrogens is 309 g/mol. The highest BCUT2D eigenvalue weighted by molar-refractivity contribution is 5.79. The van der Waals surface area contributed by atoms with Gasteiger partial charge in [-0.15, -0.1) is 0 Å². The summed E-state index contributed by atoms with van der Waals surface area (Å²) in [7, 11) is 1.51. The zero-order valence-electron chi connectivity index (χ0n) is 14.0. The van der Waals surface area contributed by atoms with Crippen molar-refractivity contribution in [2.75, 3.05) is 19.5 Å². The largest absolute Gasteiger partial charge is 0.494 e. The molecule has 0 saturated heterocycles. The summed E-state index contributed by atoms with van der Waals surface area (Å²) in [4.78, 5) is 11.4. The van der Waals surface area contributed by atoms with Crippen molar-refractivity contribution in [1.82, 2.24) is 0 Å². The molecule has 2 aromatic rings. The van der Waals surface area contributed by atoms with Crippen LogP contribution in [0.5, 0.6) is 5.75 Å². The van der Waals surface area contributed by atoms with Crippen LogP contribution in [0.15, 0.2) is 36.4 Å². The number of ether oxygens (including phenoxy) is 2. The average molecular weight is 331 g/mol. The highest BCUT2D eigenvalue weighted by Crippen LogP contribution is 2.39. The summed E-state index contributed by atoms with van der Waals surface area (Å²) in [5.74, 6) is -0.228. The van der Waals surface area contributed by atoms with Crippen LogP contribution in [-0.4, -0.2) is 19.7 Å². The minimum absolute atomic E-state index is 0.232. The van der Waals surface area contributed by atoms with E-state index in [2.05, 4.69) is 0 Å². The molecule has 0 spiro atoms. The van der Waals surface area contributed by atoms with Gasteiger partial charge in [0.25, 0.3) is 0 Å². The van der Waals surface area contributed by atoms with Crippen molar-refractivity contribution in [1.29, 1.82) is 0 Å². The van der Waals surface area contributed by atoms with Crippen molar-refractivity contribution in [2.45, 2.75) is 26.2 Å². The molecule has 0 aliphatic rings. The Bertz CT molecular complexity index is 702. The number of anilines is 1. The molecule has 4 nitrogen and oxygen atoms in total. The minimum Gasteiger partial charge on any atom is -0.494 e. The van der Waals surface area contributed by atoms with Crippen LogP contribution in [0.25, 0.3) is 11.1 Å². The summed E-state index contributed by atoms with van der Waals surface area (Å²) >= 11 is 0. The summed E-state index contributed by atoms with van der Waals surface area (Å²) in [5, 5.41) is 0. The van der Waals surface area contributed by atoms with E-state index in [4.69, 9.17) is 15.2 Å². The summed E-state index contributed by atoms with van der Waals surface area (Å²) in [6.07, 6.45) is 1.05. The molecule has 2 N–H and O–H groups in total. The average Bonchev–Trinajstić information content (AvgIpc) is 2.58. The van der Waals surface area contributed by atoms with E-state index in [1.807, 2.05) is 30.3 Å². The molecule has 2 aromatic carbocycles. The van der Waals surface area contributed by atoms with Gasteiger partial charge in [0.2, 0.25) is 0 Å². The molecule has 0 aliphatic carbocycles. The fourth-order valence-electron chi connectivity index (χ4n) is 2.64. The molecule has 24 heavy (non-hydrogen) atoms. The van der Waals surface area contributed by atoms with Gasteiger partial charge in [-0.1, -0.05) is 30.3 Å². The highest BCUT2D eigenvalue weighted by Gasteiger charge is 2.18. The number of carbonyl (C=O) groups is 1. The number of rotatable bonds is 7. The van der Waals surface area contributed by atoms with Crippen molar-refractivity contribution in [2.24, 2.45) is 0 Å². The van der Waals surface area contributed by atoms with Crippen LogP contribution in [0.4, 0.5) is 10.1 Å². The molecule has 0 unspecified atom stereocenters. The van der Waals surface area contributed by atoms with E-state index in [9.17, 15) is 9.18 Å². The van der Waals surface area contributed by atoms with Gasteiger partial charge in [-0.25, -0.2) is 4.39 Å². The fraction of sp³-hybridized carbons (Fsp3) is 0.316. The molecule has 0 fully saturated rings. The van der Waals surface area contributed by atoms with Crippen molar-refractivity contribution < 1.29 is 18.7 Å². The Balaban J connectivity index is 2.26. The van der Waals surface area contributed by atoms with Gasteiger partial charge in [0, 0.05) is 17.5 Å². The van der Waals surface area contributed by atoms with Gasteiger partial charge in [0.15, 0.2) is 0 Å². The maximum atomic E-state index is 14.5. The number of carbonyl (C=O) groups excluding carboxylic acids is 1. The lowest BCUT2D eigenvalue weighted by Gasteiger charge is -2.16. The fourth-order valence-corrected chi connectivity index (χ4v) is 2.64. The SMILES string of the molecule is CCOC(=O)CCCc1c(F)cc(-c2ccccc2)c(OC)c1N. The Morgan fingerprint density at radius 3 is 2.58 bits per heavy atom. The second-order valence-corrected chi connectivity index (χ2v) is 5.36. The van der Waals surface area contributed by atoms with Crippen molar-refractivity contribution in [3.05, 3.63) is 47.8 Å². The number of nitrogen functional groups attached to an aromatic ring is 1. The van der Waals surface area contributed by atoms with Crippen molar-refractivity contribution in [3.63, 3.8) is 0 Å². The Morgan fingerprint density at radius 2 is 1.96 bits per heavy atom. The molecule has 0 heterocycles. The molecule has 0 aromatic heterocycles. The van der Waals surface area contributed by atoms with E-state index < -0.39 is 5.82 Å². The standard InChI is InChI=1S/C19H22FNO3/c1-3-24-17(22)11-7-10-14-16(20)12-15(19(23-2)18(14)21)13-8-5-4-6-9-13/h4-6,8-9,12H,3,7,10-11,21H2,1-2H3. The first-order chi connectivity index (χ1) is 11.6. The molecule has 0 amide bonds. The Labute approximate surface area is 141 Å². The van der Waals surface area contributed by atoms with E-state index in [1.54, 1.807) is 6.92 Å². The molecule has 0 atom stereocenters. The van der Waals surface area contributed by atoms with Crippen LogP contribution in [0.2, 0.25) is 0 Å². The third-order valence-electron chi connectivity index (χ3n) is 3.78. The van der Waals surface area contributed by atoms with Gasteiger partial charge >= 0.3 is 5.97 Å². The first-order valence-corrected chi connectivity index (χ1v) is 7.94. The third kappa shape index (κ3) is 4.04. The Kier molecular flexibility index (Phi) is 6.18. The van der Waals surface area contributed by atoms with Gasteiger partial charge in [-0.3, -0.25) is 4.79 Å². The molecule has 0 radical (unpaired) electrons. The lowest BCUT2D eigenvalue weighted by atomic mass is 9.97. The van der Waals surface area contributed by atoms with E-state index in [0.717, 1.165) is 5.56 Å². The summed E-state index contributed by atoms with van der Waals surface area (Å²) in [5.41, 5.74) is 8.22. The van der Waals surface area contributed by atoms with Crippen LogP contribution < -0.4 is 10.5 Å². The quantitative estimate of drug-likeness (QED) is 0.616. The van der Waals surface area contributed by atoms with Crippen LogP contribution in [0, 0.1) is 5.82 Å². The summed E-state index contributed by atoms with van der Waals surface area (Å²) in [6, 6.07) is 10.8. The van der Waals surface area contributed by atoms with E-state index in [0.29, 0.717) is 36.3 Å². The zero-order chi connectivity index (χ0) is 17.5. The topological polar surface area (TPSA) is 61.5 Å². The van der Waals surface area contributed by atoms with Crippen LogP contribution in [-0.2, 0) is 16.0 Å². The number of esters is 1. The monoisotopic (exact) mass is 331 g/mol. The summed E-state index contributed by atoms with van der Waals surface area (Å²) in [6.45, 7) is 2.09. The lowest BCUT2D eigenvalue weighted by Crippen LogP contribution is -2.07. The van der Waals surface area contributed by atoms with E-state index >= 15 is 0 Å². The normalized spacial score (nSPS) is 10.5. The number of hydrogen-bond acceptors (Lipinski definition) is 4. The van der Waals surface area contributed by atoms with Gasteiger partial charge in [-0.05, 0) is 31.4 Å². The van der Waals surface area contributed by atoms with Gasteiger partial charge in [0.05, 0.1) is 19.4 Å². The molecule has 0 saturated carbocycles. The van der Waals surface area contributed by atoms with Crippen molar-refractivity contribution >= 4 is 11.7 Å². The van der Waals surface area contributed by atoms with Crippen molar-refractivity contribution in [3.8, 4) is 16.9 Å². The number of halogens is 1. The molecular formula is C19H22FNO3. The second kappa shape index (κ2) is 8.34. The molecule has 0 bridgehead atoms. The van der Waals surface area contributed by atoms with Crippen LogP contribution in [0.1, 0.15) is 25.3 Å². The number of hydrogen-bond donors (Lipinski definition) is 1. The predicted molar refractivity (Wildman–Crippen MR) is 92.4 cm³/mol. The smallest absolute Gasteiger partial charge is 0.305 e. The zero-order valence-corrected chi connectivity index (χ0v) is 14.0. The third-order valence-corrected chi connectivity index (χ3v) is 3.78. The lowest BCUT2D eigenvalue weighted by molar-refractivity contribution is -0.143. The second-order valence-electron chi connectivity index (χ2n) is 5.36. The summed E-state index contributed by atoms with van der Waals surface area (Å²) < 4.78 is 24.8. The van der Waals surface area contributed by atoms with Crippen LogP contribution in [0.3, 0.4) is 0 Å². The first-order valence-electron chi connectivity index (χ1n) is 7.94. The van der Waals surface area contributed by atoms with Crippen LogP contribution >= 0.6 is 0 Å². The number of benzene rings is 2. The van der Waals surface area contributed by atoms with Gasteiger partial charge in [-0.2, -0.15) is 0 Å². The first kappa shape index (κ1) is 17.8. The predicted octanol–water partition coefficient (Wildman–Crippen LogP) is 3.97. The Hall–Kier alpha value is -2.56. The van der Waals surface area contributed by atoms with Gasteiger partial charge in [0.1, 0.15) is 11.6 Å². The highest BCUT2D eigenvalue weighted by atomic mass is 19.1. The van der Waals surface area contributed by atoms with E-state index in [1.165, 1.54) is 13.2 Å². The number of methoxy groups -OCH3 is 1.